The number of carbonyl (C=O) groups excluding carboxylic acids is 1. The van der Waals surface area contributed by atoms with E-state index in [0.29, 0.717) is 11.4 Å². The van der Waals surface area contributed by atoms with Crippen LogP contribution in [0.1, 0.15) is 0 Å². The predicted molar refractivity (Wildman–Crippen MR) is 78.3 cm³/mol. The number of nitrogens with one attached hydrogen (secondary N) is 1. The lowest BCUT2D eigenvalue weighted by Crippen LogP contribution is -2.42. The number of amides is 1. The first kappa shape index (κ1) is 13.4. The van der Waals surface area contributed by atoms with Gasteiger partial charge in [-0.25, -0.2) is 8.42 Å². The number of rotatable bonds is 2. The molecule has 2 heterocycles. The van der Waals surface area contributed by atoms with Gasteiger partial charge < -0.3 is 11.1 Å². The highest BCUT2D eigenvalue weighted by Gasteiger charge is 2.33. The van der Waals surface area contributed by atoms with Crippen molar-refractivity contribution >= 4 is 33.0 Å². The van der Waals surface area contributed by atoms with Crippen molar-refractivity contribution in [3.05, 3.63) is 42.7 Å². The van der Waals surface area contributed by atoms with Crippen LogP contribution in [0.4, 0.5) is 17.1 Å². The first-order valence-electron chi connectivity index (χ1n) is 6.11. The monoisotopic (exact) mass is 304 g/mol. The Morgan fingerprint density at radius 2 is 2.00 bits per heavy atom. The number of aromatic nitrogens is 1. The number of sulfonamides is 1. The smallest absolute Gasteiger partial charge is 0.268 e. The second kappa shape index (κ2) is 4.74. The number of nitrogens with two attached hydrogens (primary N) is 1. The van der Waals surface area contributed by atoms with Crippen LogP contribution in [-0.2, 0) is 14.8 Å². The maximum atomic E-state index is 12.7. The minimum Gasteiger partial charge on any atom is -0.398 e. The number of carbonyl (C=O) groups is 1. The van der Waals surface area contributed by atoms with Gasteiger partial charge in [0.2, 0.25) is 5.91 Å². The number of anilines is 3. The molecule has 0 atom stereocenters. The maximum Gasteiger partial charge on any atom is 0.268 e. The van der Waals surface area contributed by atoms with Gasteiger partial charge in [-0.3, -0.25) is 14.1 Å². The van der Waals surface area contributed by atoms with Crippen LogP contribution in [0.5, 0.6) is 0 Å². The second-order valence-corrected chi connectivity index (χ2v) is 6.32. The van der Waals surface area contributed by atoms with Crippen LogP contribution in [0.15, 0.2) is 47.6 Å². The highest BCUT2D eigenvalue weighted by Crippen LogP contribution is 2.34. The van der Waals surface area contributed by atoms with Crippen LogP contribution >= 0.6 is 0 Å². The zero-order valence-corrected chi connectivity index (χ0v) is 11.7. The molecule has 0 saturated heterocycles. The Kier molecular flexibility index (Phi) is 3.02. The zero-order valence-electron chi connectivity index (χ0n) is 10.9. The van der Waals surface area contributed by atoms with Gasteiger partial charge in [-0.1, -0.05) is 12.1 Å². The minimum absolute atomic E-state index is 0.0912. The molecular formula is C13H12N4O3S. The summed E-state index contributed by atoms with van der Waals surface area (Å²) >= 11 is 0. The van der Waals surface area contributed by atoms with Crippen molar-refractivity contribution < 1.29 is 13.2 Å². The van der Waals surface area contributed by atoms with Crippen molar-refractivity contribution in [2.24, 2.45) is 0 Å². The fourth-order valence-electron chi connectivity index (χ4n) is 2.14. The Hall–Kier alpha value is -2.61. The fraction of sp³-hybridized carbons (Fsp3) is 0.0769. The average molecular weight is 304 g/mol. The van der Waals surface area contributed by atoms with Crippen LogP contribution in [0.25, 0.3) is 0 Å². The van der Waals surface area contributed by atoms with Crippen LogP contribution in [0.3, 0.4) is 0 Å². The van der Waals surface area contributed by atoms with E-state index in [1.54, 1.807) is 24.3 Å². The lowest BCUT2D eigenvalue weighted by Gasteiger charge is -2.30. The number of pyridine rings is 1. The molecule has 1 amide bonds. The molecule has 2 aromatic rings. The van der Waals surface area contributed by atoms with Gasteiger partial charge >= 0.3 is 0 Å². The molecule has 0 aliphatic carbocycles. The third-order valence-electron chi connectivity index (χ3n) is 3.12. The molecule has 3 N–H and O–H groups in total. The second-order valence-electron chi connectivity index (χ2n) is 4.49. The number of fused-ring (bicyclic) bond motifs is 1. The summed E-state index contributed by atoms with van der Waals surface area (Å²) in [6.07, 6.45) is 2.59. The topological polar surface area (TPSA) is 105 Å². The van der Waals surface area contributed by atoms with Crippen molar-refractivity contribution in [3.63, 3.8) is 0 Å². The van der Waals surface area contributed by atoms with E-state index in [4.69, 9.17) is 5.73 Å². The molecule has 1 aliphatic heterocycles. The van der Waals surface area contributed by atoms with Gasteiger partial charge in [0.25, 0.3) is 10.0 Å². The molecule has 21 heavy (non-hydrogen) atoms. The lowest BCUT2D eigenvalue weighted by atomic mass is 10.2. The SMILES string of the molecule is Nc1ccncc1S(=O)(=O)N1CC(=O)Nc2ccccc21. The van der Waals surface area contributed by atoms with Gasteiger partial charge in [-0.05, 0) is 18.2 Å². The molecule has 7 nitrogen and oxygen atoms in total. The number of nitrogen functional groups attached to an aromatic ring is 1. The molecule has 0 fully saturated rings. The van der Waals surface area contributed by atoms with Crippen LogP contribution < -0.4 is 15.4 Å². The molecule has 0 radical (unpaired) electrons. The highest BCUT2D eigenvalue weighted by molar-refractivity contribution is 7.93. The van der Waals surface area contributed by atoms with Gasteiger partial charge in [0.1, 0.15) is 11.4 Å². The summed E-state index contributed by atoms with van der Waals surface area (Å²) in [4.78, 5) is 15.4. The Morgan fingerprint density at radius 1 is 1.24 bits per heavy atom. The van der Waals surface area contributed by atoms with Crippen molar-refractivity contribution in [1.82, 2.24) is 4.98 Å². The van der Waals surface area contributed by atoms with Crippen molar-refractivity contribution in [2.75, 3.05) is 21.9 Å². The van der Waals surface area contributed by atoms with Gasteiger partial charge in [0.05, 0.1) is 17.1 Å². The molecule has 1 aromatic carbocycles. The van der Waals surface area contributed by atoms with Crippen LogP contribution in [-0.4, -0.2) is 25.9 Å². The summed E-state index contributed by atoms with van der Waals surface area (Å²) < 4.78 is 26.5. The Bertz CT molecular complexity index is 820. The van der Waals surface area contributed by atoms with E-state index in [1.165, 1.54) is 18.5 Å². The number of hydrogen-bond donors (Lipinski definition) is 2. The van der Waals surface area contributed by atoms with E-state index in [9.17, 15) is 13.2 Å². The summed E-state index contributed by atoms with van der Waals surface area (Å²) in [6, 6.07) is 8.09. The molecule has 0 bridgehead atoms. The van der Waals surface area contributed by atoms with E-state index >= 15 is 0 Å². The summed E-state index contributed by atoms with van der Waals surface area (Å²) in [6.45, 7) is -0.298. The molecule has 0 unspecified atom stereocenters. The minimum atomic E-state index is -3.95. The third-order valence-corrected chi connectivity index (χ3v) is 4.92. The first-order chi connectivity index (χ1) is 10.00. The average Bonchev–Trinajstić information content (AvgIpc) is 2.46. The largest absolute Gasteiger partial charge is 0.398 e. The molecule has 3 rings (SSSR count). The van der Waals surface area contributed by atoms with Gasteiger partial charge in [-0.15, -0.1) is 0 Å². The normalized spacial score (nSPS) is 14.5. The number of benzene rings is 1. The van der Waals surface area contributed by atoms with E-state index in [-0.39, 0.29) is 17.1 Å². The summed E-state index contributed by atoms with van der Waals surface area (Å²) in [7, 11) is -3.95. The number of nitrogens with zero attached hydrogens (tertiary/aromatic N) is 2. The number of para-hydroxylation sites is 2. The summed E-state index contributed by atoms with van der Waals surface area (Å²) in [5.41, 5.74) is 6.66. The van der Waals surface area contributed by atoms with E-state index < -0.39 is 15.9 Å². The molecule has 8 heteroatoms. The third kappa shape index (κ3) is 2.19. The Labute approximate surface area is 121 Å². The maximum absolute atomic E-state index is 12.7. The van der Waals surface area contributed by atoms with E-state index in [0.717, 1.165) is 4.31 Å². The highest BCUT2D eigenvalue weighted by atomic mass is 32.2. The van der Waals surface area contributed by atoms with E-state index in [2.05, 4.69) is 10.3 Å². The molecule has 108 valence electrons. The van der Waals surface area contributed by atoms with E-state index in [1.807, 2.05) is 0 Å². The van der Waals surface area contributed by atoms with Crippen LogP contribution in [0.2, 0.25) is 0 Å². The Balaban J connectivity index is 2.16. The Morgan fingerprint density at radius 3 is 2.76 bits per heavy atom. The lowest BCUT2D eigenvalue weighted by molar-refractivity contribution is -0.115. The fourth-order valence-corrected chi connectivity index (χ4v) is 3.64. The summed E-state index contributed by atoms with van der Waals surface area (Å²) in [5.74, 6) is -0.403. The van der Waals surface area contributed by atoms with Crippen molar-refractivity contribution in [2.45, 2.75) is 4.90 Å². The molecule has 1 aromatic heterocycles. The summed E-state index contributed by atoms with van der Waals surface area (Å²) in [5, 5.41) is 2.64. The molecule has 0 saturated carbocycles. The molecular weight excluding hydrogens is 292 g/mol. The predicted octanol–water partition coefficient (Wildman–Crippen LogP) is 0.811. The quantitative estimate of drug-likeness (QED) is 0.854. The van der Waals surface area contributed by atoms with Crippen molar-refractivity contribution in [1.29, 1.82) is 0 Å². The number of hydrogen-bond acceptors (Lipinski definition) is 5. The zero-order chi connectivity index (χ0) is 15.0. The standard InChI is InChI=1S/C13H12N4O3S/c14-9-5-6-15-7-12(9)21(19,20)17-8-13(18)16-10-3-1-2-4-11(10)17/h1-7H,8H2,(H2,14,15)(H,16,18). The van der Waals surface area contributed by atoms with Gasteiger partial charge in [0, 0.05) is 12.4 Å². The van der Waals surface area contributed by atoms with Crippen LogP contribution in [0, 0.1) is 0 Å². The molecule has 0 spiro atoms. The first-order valence-corrected chi connectivity index (χ1v) is 7.55. The van der Waals surface area contributed by atoms with Gasteiger partial charge in [-0.2, -0.15) is 0 Å². The van der Waals surface area contributed by atoms with Gasteiger partial charge in [0.15, 0.2) is 0 Å². The van der Waals surface area contributed by atoms with Crippen molar-refractivity contribution in [3.8, 4) is 0 Å². The molecule has 1 aliphatic rings.